The molecule has 0 spiro atoms. The van der Waals surface area contributed by atoms with Crippen LogP contribution in [-0.2, 0) is 9.59 Å². The smallest absolute Gasteiger partial charge is 0.283 e. The zero-order chi connectivity index (χ0) is 20.1. The van der Waals surface area contributed by atoms with Crippen molar-refractivity contribution in [1.82, 2.24) is 4.98 Å². The summed E-state index contributed by atoms with van der Waals surface area (Å²) < 4.78 is 5.29. The molecule has 4 rings (SSSR count). The number of furan rings is 1. The third-order valence-corrected chi connectivity index (χ3v) is 4.87. The van der Waals surface area contributed by atoms with E-state index >= 15 is 0 Å². The fourth-order valence-corrected chi connectivity index (χ4v) is 3.46. The second-order valence-electron chi connectivity index (χ2n) is 5.97. The summed E-state index contributed by atoms with van der Waals surface area (Å²) in [5.74, 6) is 0.575. The molecule has 8 heteroatoms. The van der Waals surface area contributed by atoms with Gasteiger partial charge in [-0.05, 0) is 36.4 Å². The number of anilines is 2. The van der Waals surface area contributed by atoms with Crippen molar-refractivity contribution in [1.29, 1.82) is 0 Å². The first-order valence-electron chi connectivity index (χ1n) is 8.78. The summed E-state index contributed by atoms with van der Waals surface area (Å²) in [7, 11) is 0. The summed E-state index contributed by atoms with van der Waals surface area (Å²) in [6.07, 6.45) is 4.72. The maximum Gasteiger partial charge on any atom is 0.283 e. The van der Waals surface area contributed by atoms with E-state index in [0.717, 1.165) is 0 Å². The van der Waals surface area contributed by atoms with Crippen molar-refractivity contribution in [2.24, 2.45) is 4.99 Å². The van der Waals surface area contributed by atoms with Gasteiger partial charge in [-0.1, -0.05) is 36.0 Å². The molecule has 0 atom stereocenters. The Morgan fingerprint density at radius 3 is 2.66 bits per heavy atom. The molecule has 144 valence electrons. The van der Waals surface area contributed by atoms with Gasteiger partial charge in [0.15, 0.2) is 5.17 Å². The van der Waals surface area contributed by atoms with Gasteiger partial charge in [-0.15, -0.1) is 0 Å². The summed E-state index contributed by atoms with van der Waals surface area (Å²) in [5.41, 5.74) is 0.924. The molecule has 0 radical (unpaired) electrons. The van der Waals surface area contributed by atoms with Crippen molar-refractivity contribution < 1.29 is 14.0 Å². The van der Waals surface area contributed by atoms with E-state index in [2.05, 4.69) is 15.3 Å². The normalized spacial score (nSPS) is 14.9. The number of rotatable bonds is 5. The Labute approximate surface area is 171 Å². The lowest BCUT2D eigenvalue weighted by Crippen LogP contribution is -2.31. The summed E-state index contributed by atoms with van der Waals surface area (Å²) in [4.78, 5) is 35.2. The van der Waals surface area contributed by atoms with E-state index in [1.807, 2.05) is 30.3 Å². The van der Waals surface area contributed by atoms with Crippen LogP contribution in [0.4, 0.5) is 11.5 Å². The highest BCUT2D eigenvalue weighted by molar-refractivity contribution is 8.14. The number of aromatic nitrogens is 1. The van der Waals surface area contributed by atoms with Crippen molar-refractivity contribution in [3.63, 3.8) is 0 Å². The average Bonchev–Trinajstić information content (AvgIpc) is 3.36. The van der Waals surface area contributed by atoms with E-state index in [1.54, 1.807) is 42.6 Å². The third kappa shape index (κ3) is 4.44. The number of hydrogen-bond donors (Lipinski definition) is 1. The van der Waals surface area contributed by atoms with E-state index in [0.29, 0.717) is 22.4 Å². The van der Waals surface area contributed by atoms with Crippen molar-refractivity contribution in [2.45, 2.75) is 0 Å². The van der Waals surface area contributed by atoms with Crippen molar-refractivity contribution in [2.75, 3.05) is 16.0 Å². The van der Waals surface area contributed by atoms with Crippen LogP contribution in [0, 0.1) is 0 Å². The number of benzene rings is 1. The molecule has 1 aromatic carbocycles. The molecule has 0 saturated heterocycles. The van der Waals surface area contributed by atoms with Crippen LogP contribution in [0.1, 0.15) is 5.76 Å². The van der Waals surface area contributed by atoms with Crippen LogP contribution in [0.2, 0.25) is 0 Å². The molecular formula is C21H16N4O3S. The highest BCUT2D eigenvalue weighted by Gasteiger charge is 2.32. The van der Waals surface area contributed by atoms with Crippen LogP contribution >= 0.6 is 11.8 Å². The van der Waals surface area contributed by atoms with Gasteiger partial charge in [0.2, 0.25) is 5.91 Å². The van der Waals surface area contributed by atoms with Crippen molar-refractivity contribution in [3.8, 4) is 0 Å². The number of thioether (sulfide) groups is 1. The van der Waals surface area contributed by atoms with Crippen molar-refractivity contribution in [3.05, 3.63) is 84.6 Å². The summed E-state index contributed by atoms with van der Waals surface area (Å²) in [6, 6.07) is 17.9. The van der Waals surface area contributed by atoms with Gasteiger partial charge in [-0.3, -0.25) is 14.5 Å². The minimum absolute atomic E-state index is 0.0834. The first-order valence-corrected chi connectivity index (χ1v) is 9.76. The minimum Gasteiger partial charge on any atom is -0.465 e. The Hall–Kier alpha value is -3.65. The SMILES string of the molecule is O=C(CSC1=N/C(=C\c2ccco2)C(=O)N1c1ccccc1)Nc1ccccn1. The van der Waals surface area contributed by atoms with Gasteiger partial charge in [0.25, 0.3) is 5.91 Å². The van der Waals surface area contributed by atoms with Gasteiger partial charge in [0.1, 0.15) is 17.3 Å². The second kappa shape index (κ2) is 8.57. The van der Waals surface area contributed by atoms with Gasteiger partial charge < -0.3 is 9.73 Å². The first kappa shape index (κ1) is 18.7. The van der Waals surface area contributed by atoms with E-state index in [4.69, 9.17) is 4.42 Å². The maximum atomic E-state index is 13.0. The van der Waals surface area contributed by atoms with E-state index in [-0.39, 0.29) is 23.3 Å². The molecule has 2 aromatic heterocycles. The molecule has 0 unspecified atom stereocenters. The number of aliphatic imine (C=N–C) groups is 1. The lowest BCUT2D eigenvalue weighted by molar-refractivity contribution is -0.114. The molecule has 1 aliphatic heterocycles. The standard InChI is InChI=1S/C21H16N4O3S/c26-19(24-18-10-4-5-11-22-18)14-29-21-23-17(13-16-9-6-12-28-16)20(27)25(21)15-7-2-1-3-8-15/h1-13H,14H2,(H,22,24,26)/b17-13-. The molecule has 3 aromatic rings. The largest absolute Gasteiger partial charge is 0.465 e. The van der Waals surface area contributed by atoms with E-state index in [1.165, 1.54) is 22.9 Å². The molecule has 0 bridgehead atoms. The molecule has 0 saturated carbocycles. The van der Waals surface area contributed by atoms with Gasteiger partial charge in [0, 0.05) is 12.3 Å². The summed E-state index contributed by atoms with van der Waals surface area (Å²) in [5, 5.41) is 3.15. The number of carbonyl (C=O) groups excluding carboxylic acids is 2. The van der Waals surface area contributed by atoms with Crippen LogP contribution in [0.25, 0.3) is 6.08 Å². The summed E-state index contributed by atoms with van der Waals surface area (Å²) >= 11 is 1.18. The number of nitrogens with zero attached hydrogens (tertiary/aromatic N) is 3. The first-order chi connectivity index (χ1) is 14.2. The predicted octanol–water partition coefficient (Wildman–Crippen LogP) is 3.79. The van der Waals surface area contributed by atoms with E-state index < -0.39 is 0 Å². The monoisotopic (exact) mass is 404 g/mol. The number of pyridine rings is 1. The zero-order valence-corrected chi connectivity index (χ0v) is 16.0. The van der Waals surface area contributed by atoms with Gasteiger partial charge in [0.05, 0.1) is 17.7 Å². The third-order valence-electron chi connectivity index (χ3n) is 3.93. The Kier molecular flexibility index (Phi) is 5.53. The van der Waals surface area contributed by atoms with Crippen LogP contribution in [0.15, 0.2) is 88.2 Å². The minimum atomic E-state index is -0.278. The number of hydrogen-bond acceptors (Lipinski definition) is 6. The molecule has 1 aliphatic rings. The Bertz CT molecular complexity index is 1060. The lowest BCUT2D eigenvalue weighted by atomic mass is 10.2. The maximum absolute atomic E-state index is 13.0. The molecule has 29 heavy (non-hydrogen) atoms. The number of nitrogens with one attached hydrogen (secondary N) is 1. The van der Waals surface area contributed by atoms with E-state index in [9.17, 15) is 9.59 Å². The Morgan fingerprint density at radius 2 is 1.93 bits per heavy atom. The molecule has 0 aliphatic carbocycles. The predicted molar refractivity (Wildman–Crippen MR) is 113 cm³/mol. The second-order valence-corrected chi connectivity index (χ2v) is 6.91. The van der Waals surface area contributed by atoms with Crippen LogP contribution < -0.4 is 10.2 Å². The number of carbonyl (C=O) groups is 2. The molecule has 0 fully saturated rings. The average molecular weight is 404 g/mol. The molecule has 1 N–H and O–H groups in total. The Balaban J connectivity index is 1.54. The van der Waals surface area contributed by atoms with Crippen LogP contribution in [0.3, 0.4) is 0 Å². The Morgan fingerprint density at radius 1 is 1.10 bits per heavy atom. The summed E-state index contributed by atoms with van der Waals surface area (Å²) in [6.45, 7) is 0. The highest BCUT2D eigenvalue weighted by atomic mass is 32.2. The van der Waals surface area contributed by atoms with Crippen molar-refractivity contribution >= 4 is 46.3 Å². The topological polar surface area (TPSA) is 87.8 Å². The zero-order valence-electron chi connectivity index (χ0n) is 15.2. The number of para-hydroxylation sites is 1. The highest BCUT2D eigenvalue weighted by Crippen LogP contribution is 2.29. The lowest BCUT2D eigenvalue weighted by Gasteiger charge is -2.17. The fourth-order valence-electron chi connectivity index (χ4n) is 2.65. The van der Waals surface area contributed by atoms with Crippen LogP contribution in [0.5, 0.6) is 0 Å². The number of amides is 2. The van der Waals surface area contributed by atoms with Gasteiger partial charge >= 0.3 is 0 Å². The molecule has 2 amide bonds. The fraction of sp³-hybridized carbons (Fsp3) is 0.0476. The quantitative estimate of drug-likeness (QED) is 0.654. The molecule has 3 heterocycles. The van der Waals surface area contributed by atoms with Crippen LogP contribution in [-0.4, -0.2) is 27.7 Å². The molecule has 7 nitrogen and oxygen atoms in total. The van der Waals surface area contributed by atoms with Gasteiger partial charge in [-0.2, -0.15) is 0 Å². The van der Waals surface area contributed by atoms with Gasteiger partial charge in [-0.25, -0.2) is 9.98 Å². The number of amidine groups is 1. The molecular weight excluding hydrogens is 388 g/mol.